The summed E-state index contributed by atoms with van der Waals surface area (Å²) in [5.41, 5.74) is -0.952. The molecule has 0 radical (unpaired) electrons. The Bertz CT molecular complexity index is 554. The van der Waals surface area contributed by atoms with Crippen LogP contribution in [-0.2, 0) is 27.0 Å². The molecule has 1 atom stereocenters. The average molecular weight is 299 g/mol. The summed E-state index contributed by atoms with van der Waals surface area (Å²) >= 11 is 0. The van der Waals surface area contributed by atoms with Gasteiger partial charge >= 0.3 is 16.3 Å². The Labute approximate surface area is 107 Å². The zero-order valence-corrected chi connectivity index (χ0v) is 10.6. The number of halogens is 3. The minimum absolute atomic E-state index is 0.0135. The molecule has 0 heterocycles. The van der Waals surface area contributed by atoms with E-state index in [-0.39, 0.29) is 5.56 Å². The van der Waals surface area contributed by atoms with Gasteiger partial charge in [0.2, 0.25) is 0 Å². The fourth-order valence-corrected chi connectivity index (χ4v) is 1.98. The molecule has 0 bridgehead atoms. The molecule has 0 spiro atoms. The van der Waals surface area contributed by atoms with Gasteiger partial charge in [-0.25, -0.2) is 0 Å². The molecule has 0 aliphatic carbocycles. The van der Waals surface area contributed by atoms with Crippen molar-refractivity contribution < 1.29 is 31.0 Å². The molecule has 108 valence electrons. The summed E-state index contributed by atoms with van der Waals surface area (Å²) in [6.07, 6.45) is -5.14. The number of aliphatic hydroxyl groups is 1. The maximum Gasteiger partial charge on any atom is 0.416 e. The lowest BCUT2D eigenvalue weighted by Gasteiger charge is -2.21. The van der Waals surface area contributed by atoms with Gasteiger partial charge in [-0.15, -0.1) is 0 Å². The number of rotatable bonds is 4. The third-order valence-electron chi connectivity index (χ3n) is 2.45. The minimum atomic E-state index is -4.55. The first-order valence-corrected chi connectivity index (χ1v) is 6.42. The molecule has 1 rings (SSSR count). The van der Waals surface area contributed by atoms with Crippen LogP contribution in [0.3, 0.4) is 0 Å². The monoisotopic (exact) mass is 299 g/mol. The molecule has 9 heteroatoms. The van der Waals surface area contributed by atoms with Crippen LogP contribution < -0.4 is 5.90 Å². The van der Waals surface area contributed by atoms with E-state index in [1.807, 2.05) is 0 Å². The summed E-state index contributed by atoms with van der Waals surface area (Å²) in [6.45, 7) is 0.884. The van der Waals surface area contributed by atoms with Gasteiger partial charge in [-0.1, -0.05) is 18.2 Å². The Morgan fingerprint density at radius 3 is 2.42 bits per heavy atom. The van der Waals surface area contributed by atoms with Crippen LogP contribution in [0.5, 0.6) is 0 Å². The van der Waals surface area contributed by atoms with Gasteiger partial charge in [0, 0.05) is 6.42 Å². The van der Waals surface area contributed by atoms with Crippen LogP contribution in [0.1, 0.15) is 18.1 Å². The van der Waals surface area contributed by atoms with Crippen molar-refractivity contribution in [2.75, 3.05) is 0 Å². The molecular weight excluding hydrogens is 287 g/mol. The van der Waals surface area contributed by atoms with Gasteiger partial charge in [-0.3, -0.25) is 0 Å². The molecule has 0 aromatic heterocycles. The van der Waals surface area contributed by atoms with Gasteiger partial charge in [-0.2, -0.15) is 31.8 Å². The van der Waals surface area contributed by atoms with Gasteiger partial charge < -0.3 is 5.11 Å². The lowest BCUT2D eigenvalue weighted by atomic mass is 10.1. The SMILES string of the molecule is CC(O)(Cc1cccc(C(F)(F)F)c1)S(=O)(=O)ON. The molecule has 3 N–H and O–H groups in total. The standard InChI is InChI=1S/C10H12F3NO4S/c1-9(15,19(16,17)18-14)6-7-3-2-4-8(5-7)10(11,12)13/h2-5,15H,6,14H2,1H3. The highest BCUT2D eigenvalue weighted by Crippen LogP contribution is 2.30. The van der Waals surface area contributed by atoms with E-state index < -0.39 is 33.2 Å². The number of alkyl halides is 3. The topological polar surface area (TPSA) is 89.6 Å². The van der Waals surface area contributed by atoms with E-state index >= 15 is 0 Å². The summed E-state index contributed by atoms with van der Waals surface area (Å²) in [7, 11) is -4.49. The van der Waals surface area contributed by atoms with E-state index in [4.69, 9.17) is 0 Å². The van der Waals surface area contributed by atoms with Crippen molar-refractivity contribution in [3.63, 3.8) is 0 Å². The summed E-state index contributed by atoms with van der Waals surface area (Å²) in [5.74, 6) is 4.52. The number of nitrogens with two attached hydrogens (primary N) is 1. The maximum absolute atomic E-state index is 12.5. The molecule has 0 aliphatic heterocycles. The number of benzene rings is 1. The van der Waals surface area contributed by atoms with Crippen LogP contribution in [0, 0.1) is 0 Å². The first-order chi connectivity index (χ1) is 8.49. The molecule has 19 heavy (non-hydrogen) atoms. The van der Waals surface area contributed by atoms with E-state index in [1.54, 1.807) is 0 Å². The molecule has 0 amide bonds. The Kier molecular flexibility index (Phi) is 4.25. The van der Waals surface area contributed by atoms with E-state index in [0.717, 1.165) is 25.1 Å². The van der Waals surface area contributed by atoms with Crippen molar-refractivity contribution in [1.82, 2.24) is 0 Å². The smallest absolute Gasteiger partial charge is 0.372 e. The normalized spacial score (nSPS) is 16.1. The van der Waals surface area contributed by atoms with Crippen LogP contribution in [0.2, 0.25) is 0 Å². The Morgan fingerprint density at radius 2 is 1.95 bits per heavy atom. The van der Waals surface area contributed by atoms with Crippen LogP contribution in [0.15, 0.2) is 24.3 Å². The second-order valence-electron chi connectivity index (χ2n) is 4.10. The third-order valence-corrected chi connectivity index (χ3v) is 3.93. The largest absolute Gasteiger partial charge is 0.416 e. The number of hydrogen-bond donors (Lipinski definition) is 2. The van der Waals surface area contributed by atoms with Gasteiger partial charge in [0.1, 0.15) is 0 Å². The average Bonchev–Trinajstić information content (AvgIpc) is 2.27. The van der Waals surface area contributed by atoms with Crippen molar-refractivity contribution in [1.29, 1.82) is 0 Å². The van der Waals surface area contributed by atoms with Crippen LogP contribution in [0.4, 0.5) is 13.2 Å². The van der Waals surface area contributed by atoms with Gasteiger partial charge in [0.25, 0.3) is 0 Å². The Hall–Kier alpha value is -1.16. The maximum atomic E-state index is 12.5. The second-order valence-corrected chi connectivity index (χ2v) is 6.08. The Morgan fingerprint density at radius 1 is 1.37 bits per heavy atom. The summed E-state index contributed by atoms with van der Waals surface area (Å²) in [6, 6.07) is 3.96. The van der Waals surface area contributed by atoms with E-state index in [9.17, 15) is 26.7 Å². The molecular formula is C10H12F3NO4S. The number of hydrogen-bond acceptors (Lipinski definition) is 5. The van der Waals surface area contributed by atoms with Crippen molar-refractivity contribution >= 4 is 10.1 Å². The summed E-state index contributed by atoms with van der Waals surface area (Å²) in [5, 5.41) is 9.72. The minimum Gasteiger partial charge on any atom is -0.372 e. The van der Waals surface area contributed by atoms with E-state index in [1.165, 1.54) is 6.07 Å². The fraction of sp³-hybridized carbons (Fsp3) is 0.400. The van der Waals surface area contributed by atoms with Gasteiger partial charge in [0.15, 0.2) is 4.93 Å². The highest BCUT2D eigenvalue weighted by Gasteiger charge is 2.38. The van der Waals surface area contributed by atoms with Crippen LogP contribution in [-0.4, -0.2) is 18.5 Å². The predicted molar refractivity (Wildman–Crippen MR) is 60.0 cm³/mol. The van der Waals surface area contributed by atoms with E-state index in [2.05, 4.69) is 10.2 Å². The first kappa shape index (κ1) is 15.9. The first-order valence-electron chi connectivity index (χ1n) is 5.01. The van der Waals surface area contributed by atoms with Crippen LogP contribution in [0.25, 0.3) is 0 Å². The molecule has 5 nitrogen and oxygen atoms in total. The molecule has 0 saturated heterocycles. The highest BCUT2D eigenvalue weighted by atomic mass is 32.2. The molecule has 1 aromatic rings. The van der Waals surface area contributed by atoms with Crippen molar-refractivity contribution in [3.05, 3.63) is 35.4 Å². The predicted octanol–water partition coefficient (Wildman–Crippen LogP) is 1.18. The zero-order valence-electron chi connectivity index (χ0n) is 9.81. The summed E-state index contributed by atoms with van der Waals surface area (Å²) in [4.78, 5) is -2.42. The zero-order chi connectivity index (χ0) is 14.9. The molecule has 1 aromatic carbocycles. The van der Waals surface area contributed by atoms with Crippen molar-refractivity contribution in [2.24, 2.45) is 5.90 Å². The second kappa shape index (κ2) is 5.08. The molecule has 0 aliphatic rings. The quantitative estimate of drug-likeness (QED) is 0.815. The lowest BCUT2D eigenvalue weighted by molar-refractivity contribution is -0.137. The van der Waals surface area contributed by atoms with Crippen molar-refractivity contribution in [2.45, 2.75) is 24.5 Å². The van der Waals surface area contributed by atoms with Crippen LogP contribution >= 0.6 is 0 Å². The molecule has 0 saturated carbocycles. The fourth-order valence-electron chi connectivity index (χ4n) is 1.43. The summed E-state index contributed by atoms with van der Waals surface area (Å²) < 4.78 is 63.7. The van der Waals surface area contributed by atoms with Crippen molar-refractivity contribution in [3.8, 4) is 0 Å². The lowest BCUT2D eigenvalue weighted by Crippen LogP contribution is -2.40. The van der Waals surface area contributed by atoms with E-state index in [0.29, 0.717) is 0 Å². The molecule has 0 fully saturated rings. The van der Waals surface area contributed by atoms with Gasteiger partial charge in [-0.05, 0) is 18.6 Å². The molecule has 1 unspecified atom stereocenters. The van der Waals surface area contributed by atoms with Gasteiger partial charge in [0.05, 0.1) is 5.56 Å². The highest BCUT2D eigenvalue weighted by molar-refractivity contribution is 7.87. The third kappa shape index (κ3) is 3.66. The Balaban J connectivity index is 3.08.